The summed E-state index contributed by atoms with van der Waals surface area (Å²) in [7, 11) is -3.89. The lowest BCUT2D eigenvalue weighted by atomic mass is 9.72. The standard InChI is InChI=1S/C33H33N3O5S/c37-32-28-13-6-1-2-7-14-29(28)41-33(38)31(32)30(22-15-16-22)23-9-8-12-26(21-23)36-42(39,40)27-19-17-25(18-20-27)35-34-24-10-4-3-5-11-24/h2-5,7-12,14,17-22,28,30-32,36-37H,1,6,13,15-16H2. The first-order chi connectivity index (χ1) is 20.4. The molecule has 0 spiro atoms. The Hall–Kier alpha value is -4.08. The summed E-state index contributed by atoms with van der Waals surface area (Å²) in [4.78, 5) is 13.4. The highest BCUT2D eigenvalue weighted by Crippen LogP contribution is 2.51. The predicted molar refractivity (Wildman–Crippen MR) is 160 cm³/mol. The summed E-state index contributed by atoms with van der Waals surface area (Å²) in [5, 5.41) is 19.8. The topological polar surface area (TPSA) is 117 Å². The highest BCUT2D eigenvalue weighted by atomic mass is 32.2. The molecule has 42 heavy (non-hydrogen) atoms. The highest BCUT2D eigenvalue weighted by molar-refractivity contribution is 7.92. The van der Waals surface area contributed by atoms with Gasteiger partial charge >= 0.3 is 5.97 Å². The van der Waals surface area contributed by atoms with E-state index < -0.39 is 28.0 Å². The molecule has 2 aliphatic carbocycles. The molecule has 216 valence electrons. The van der Waals surface area contributed by atoms with Crippen molar-refractivity contribution in [3.8, 4) is 0 Å². The van der Waals surface area contributed by atoms with Gasteiger partial charge in [0.05, 0.1) is 28.3 Å². The van der Waals surface area contributed by atoms with E-state index in [1.165, 1.54) is 12.1 Å². The van der Waals surface area contributed by atoms with E-state index in [4.69, 9.17) is 4.74 Å². The first-order valence-electron chi connectivity index (χ1n) is 14.4. The van der Waals surface area contributed by atoms with Crippen LogP contribution in [-0.2, 0) is 19.6 Å². The quantitative estimate of drug-likeness (QED) is 0.215. The summed E-state index contributed by atoms with van der Waals surface area (Å²) in [6.45, 7) is 0. The number of fused-ring (bicyclic) bond motifs is 1. The van der Waals surface area contributed by atoms with Crippen LogP contribution in [0.15, 0.2) is 118 Å². The van der Waals surface area contributed by atoms with Crippen LogP contribution in [0.4, 0.5) is 17.1 Å². The van der Waals surface area contributed by atoms with Gasteiger partial charge in [-0.15, -0.1) is 0 Å². The van der Waals surface area contributed by atoms with Gasteiger partial charge in [-0.3, -0.25) is 9.52 Å². The van der Waals surface area contributed by atoms with Crippen molar-refractivity contribution in [2.24, 2.45) is 28.0 Å². The Balaban J connectivity index is 1.21. The third-order valence-electron chi connectivity index (χ3n) is 8.14. The zero-order chi connectivity index (χ0) is 29.1. The normalized spacial score (nSPS) is 23.3. The molecule has 1 saturated heterocycles. The van der Waals surface area contributed by atoms with Gasteiger partial charge < -0.3 is 9.84 Å². The van der Waals surface area contributed by atoms with Gasteiger partial charge in [-0.2, -0.15) is 10.2 Å². The summed E-state index contributed by atoms with van der Waals surface area (Å²) >= 11 is 0. The Morgan fingerprint density at radius 1 is 0.905 bits per heavy atom. The second-order valence-corrected chi connectivity index (χ2v) is 12.8. The molecular formula is C33H33N3O5S. The van der Waals surface area contributed by atoms with Gasteiger partial charge in [0.25, 0.3) is 10.0 Å². The smallest absolute Gasteiger partial charge is 0.317 e. The number of azo groups is 1. The first kappa shape index (κ1) is 28.1. The molecular weight excluding hydrogens is 550 g/mol. The van der Waals surface area contributed by atoms with Crippen molar-refractivity contribution < 1.29 is 23.1 Å². The van der Waals surface area contributed by atoms with Gasteiger partial charge in [-0.1, -0.05) is 42.5 Å². The second kappa shape index (κ2) is 12.0. The summed E-state index contributed by atoms with van der Waals surface area (Å²) in [5.41, 5.74) is 2.44. The zero-order valence-corrected chi connectivity index (χ0v) is 23.9. The van der Waals surface area contributed by atoms with Crippen molar-refractivity contribution in [1.29, 1.82) is 0 Å². The number of aliphatic hydroxyl groups excluding tert-OH is 1. The molecule has 3 aliphatic rings. The van der Waals surface area contributed by atoms with E-state index in [0.29, 0.717) is 22.8 Å². The lowest BCUT2D eigenvalue weighted by molar-refractivity contribution is -0.160. The number of hydrogen-bond acceptors (Lipinski definition) is 7. The molecule has 6 rings (SSSR count). The number of esters is 1. The number of carbonyl (C=O) groups excluding carboxylic acids is 1. The molecule has 0 amide bonds. The lowest BCUT2D eigenvalue weighted by Gasteiger charge is -2.39. The molecule has 2 fully saturated rings. The minimum absolute atomic E-state index is 0.0919. The van der Waals surface area contributed by atoms with Crippen molar-refractivity contribution in [1.82, 2.24) is 0 Å². The number of nitrogens with one attached hydrogen (secondary N) is 1. The van der Waals surface area contributed by atoms with Gasteiger partial charge in [-0.25, -0.2) is 8.42 Å². The molecule has 4 atom stereocenters. The van der Waals surface area contributed by atoms with Gasteiger partial charge in [0.1, 0.15) is 5.76 Å². The van der Waals surface area contributed by atoms with Gasteiger partial charge in [0, 0.05) is 17.5 Å². The molecule has 0 bridgehead atoms. The molecule has 0 aromatic heterocycles. The Morgan fingerprint density at radius 3 is 2.38 bits per heavy atom. The maximum absolute atomic E-state index is 13.3. The third-order valence-corrected chi connectivity index (χ3v) is 9.54. The van der Waals surface area contributed by atoms with E-state index in [2.05, 4.69) is 15.0 Å². The molecule has 3 aromatic rings. The molecule has 8 nitrogen and oxygen atoms in total. The Labute approximate surface area is 245 Å². The van der Waals surface area contributed by atoms with Gasteiger partial charge in [0.2, 0.25) is 0 Å². The molecule has 0 radical (unpaired) electrons. The summed E-state index contributed by atoms with van der Waals surface area (Å²) < 4.78 is 35.0. The molecule has 1 aliphatic heterocycles. The average Bonchev–Trinajstić information content (AvgIpc) is 3.81. The zero-order valence-electron chi connectivity index (χ0n) is 23.0. The summed E-state index contributed by atoms with van der Waals surface area (Å²) in [6.07, 6.45) is 9.31. The maximum Gasteiger partial charge on any atom is 0.317 e. The minimum Gasteiger partial charge on any atom is -0.430 e. The van der Waals surface area contributed by atoms with Crippen LogP contribution in [0, 0.1) is 17.8 Å². The number of aliphatic hydroxyl groups is 1. The number of sulfonamides is 1. The molecule has 3 aromatic carbocycles. The van der Waals surface area contributed by atoms with Crippen molar-refractivity contribution in [2.45, 2.75) is 49.0 Å². The fourth-order valence-electron chi connectivity index (χ4n) is 5.92. The highest BCUT2D eigenvalue weighted by Gasteiger charge is 2.50. The van der Waals surface area contributed by atoms with E-state index in [-0.39, 0.29) is 22.6 Å². The van der Waals surface area contributed by atoms with E-state index >= 15 is 0 Å². The first-order valence-corrected chi connectivity index (χ1v) is 15.8. The monoisotopic (exact) mass is 583 g/mol. The van der Waals surface area contributed by atoms with Crippen molar-refractivity contribution in [3.05, 3.63) is 108 Å². The molecule has 4 unspecified atom stereocenters. The number of nitrogens with zero attached hydrogens (tertiary/aromatic N) is 2. The van der Waals surface area contributed by atoms with Crippen molar-refractivity contribution >= 4 is 33.1 Å². The van der Waals surface area contributed by atoms with Crippen molar-refractivity contribution in [3.63, 3.8) is 0 Å². The summed E-state index contributed by atoms with van der Waals surface area (Å²) in [6, 6.07) is 22.6. The van der Waals surface area contributed by atoms with Crippen LogP contribution in [0.25, 0.3) is 0 Å². The van der Waals surface area contributed by atoms with Gasteiger partial charge in [-0.05, 0) is 98.2 Å². The van der Waals surface area contributed by atoms with Crippen LogP contribution in [-0.4, -0.2) is 25.6 Å². The number of rotatable bonds is 8. The van der Waals surface area contributed by atoms with Crippen LogP contribution >= 0.6 is 0 Å². The Kier molecular flexibility index (Phi) is 8.04. The molecule has 9 heteroatoms. The number of ether oxygens (including phenoxy) is 1. The van der Waals surface area contributed by atoms with E-state index in [9.17, 15) is 18.3 Å². The summed E-state index contributed by atoms with van der Waals surface area (Å²) in [5.74, 6) is -0.896. The predicted octanol–water partition coefficient (Wildman–Crippen LogP) is 7.17. The number of hydrogen-bond donors (Lipinski definition) is 2. The van der Waals surface area contributed by atoms with E-state index in [1.54, 1.807) is 36.4 Å². The minimum atomic E-state index is -3.89. The number of allylic oxidation sites excluding steroid dienone is 3. The van der Waals surface area contributed by atoms with Gasteiger partial charge in [0.15, 0.2) is 0 Å². The van der Waals surface area contributed by atoms with Crippen LogP contribution in [0.2, 0.25) is 0 Å². The number of anilines is 1. The Morgan fingerprint density at radius 2 is 1.64 bits per heavy atom. The SMILES string of the molecule is O=C1OC2=CC=CCCCC2C(O)C1C(c1cccc(NS(=O)(=O)c2ccc(N=Nc3ccccc3)cc2)c1)C1CC1. The van der Waals surface area contributed by atoms with E-state index in [0.717, 1.165) is 37.7 Å². The lowest BCUT2D eigenvalue weighted by Crippen LogP contribution is -2.45. The van der Waals surface area contributed by atoms with E-state index in [1.807, 2.05) is 48.6 Å². The molecule has 1 heterocycles. The molecule has 1 saturated carbocycles. The Bertz CT molecular complexity index is 1630. The second-order valence-electron chi connectivity index (χ2n) is 11.1. The molecule has 2 N–H and O–H groups in total. The van der Waals surface area contributed by atoms with Crippen LogP contribution in [0.5, 0.6) is 0 Å². The number of carbonyl (C=O) groups is 1. The van der Waals surface area contributed by atoms with Crippen LogP contribution in [0.3, 0.4) is 0 Å². The fraction of sp³-hybridized carbons (Fsp3) is 0.303. The third kappa shape index (κ3) is 6.22. The fourth-order valence-corrected chi connectivity index (χ4v) is 6.97. The van der Waals surface area contributed by atoms with Crippen LogP contribution in [0.1, 0.15) is 43.6 Å². The number of benzene rings is 3. The average molecular weight is 584 g/mol. The van der Waals surface area contributed by atoms with Crippen LogP contribution < -0.4 is 4.72 Å². The maximum atomic E-state index is 13.3. The van der Waals surface area contributed by atoms with Crippen molar-refractivity contribution in [2.75, 3.05) is 4.72 Å². The largest absolute Gasteiger partial charge is 0.430 e.